The summed E-state index contributed by atoms with van der Waals surface area (Å²) in [5.41, 5.74) is 1.79. The van der Waals surface area contributed by atoms with E-state index in [0.29, 0.717) is 17.1 Å². The Bertz CT molecular complexity index is 646. The Labute approximate surface area is 130 Å². The quantitative estimate of drug-likeness (QED) is 0.906. The minimum atomic E-state index is -0.271. The average molecular weight is 299 g/mol. The van der Waals surface area contributed by atoms with E-state index in [4.69, 9.17) is 4.74 Å². The van der Waals surface area contributed by atoms with Crippen LogP contribution in [0.4, 0.5) is 11.4 Å². The summed E-state index contributed by atoms with van der Waals surface area (Å²) >= 11 is 0. The van der Waals surface area contributed by atoms with Gasteiger partial charge in [-0.2, -0.15) is 0 Å². The number of carbonyl (C=O) groups is 1. The molecule has 2 rings (SSSR count). The normalized spacial score (nSPS) is 10.9. The van der Waals surface area contributed by atoms with Gasteiger partial charge in [0.15, 0.2) is 0 Å². The summed E-state index contributed by atoms with van der Waals surface area (Å²) in [6.45, 7) is 6.19. The van der Waals surface area contributed by atoms with Crippen molar-refractivity contribution < 1.29 is 9.53 Å². The number of methoxy groups -OCH3 is 1. The highest BCUT2D eigenvalue weighted by atomic mass is 16.5. The van der Waals surface area contributed by atoms with Crippen LogP contribution in [0.3, 0.4) is 0 Å². The maximum absolute atomic E-state index is 12.2. The van der Waals surface area contributed by atoms with Crippen LogP contribution in [0.15, 0.2) is 42.6 Å². The minimum Gasteiger partial charge on any atom is -0.495 e. The third-order valence-corrected chi connectivity index (χ3v) is 2.87. The van der Waals surface area contributed by atoms with E-state index in [1.165, 1.54) is 0 Å². The molecular formula is C17H21N3O2. The van der Waals surface area contributed by atoms with E-state index in [9.17, 15) is 4.79 Å². The Morgan fingerprint density at radius 1 is 1.14 bits per heavy atom. The van der Waals surface area contributed by atoms with Crippen LogP contribution < -0.4 is 15.4 Å². The molecule has 5 heteroatoms. The number of nitrogens with one attached hydrogen (secondary N) is 2. The van der Waals surface area contributed by atoms with E-state index >= 15 is 0 Å². The number of benzene rings is 1. The smallest absolute Gasteiger partial charge is 0.274 e. The number of hydrogen-bond donors (Lipinski definition) is 2. The molecule has 0 atom stereocenters. The SMILES string of the molecule is COc1ccccc1NC(=O)c1ccc(NC(C)(C)C)cn1. The second kappa shape index (κ2) is 6.47. The fourth-order valence-electron chi connectivity index (χ4n) is 1.97. The summed E-state index contributed by atoms with van der Waals surface area (Å²) < 4.78 is 5.21. The van der Waals surface area contributed by atoms with Gasteiger partial charge in [0, 0.05) is 5.54 Å². The van der Waals surface area contributed by atoms with Crippen LogP contribution in [0.2, 0.25) is 0 Å². The lowest BCUT2D eigenvalue weighted by atomic mass is 10.1. The topological polar surface area (TPSA) is 63.2 Å². The molecule has 0 saturated carbocycles. The number of anilines is 2. The van der Waals surface area contributed by atoms with Crippen molar-refractivity contribution in [3.05, 3.63) is 48.3 Å². The number of para-hydroxylation sites is 2. The number of rotatable bonds is 4. The van der Waals surface area contributed by atoms with E-state index < -0.39 is 0 Å². The lowest BCUT2D eigenvalue weighted by molar-refractivity contribution is 0.102. The van der Waals surface area contributed by atoms with Gasteiger partial charge in [-0.15, -0.1) is 0 Å². The first-order valence-electron chi connectivity index (χ1n) is 7.08. The van der Waals surface area contributed by atoms with Crippen LogP contribution in [0.5, 0.6) is 5.75 Å². The Balaban J connectivity index is 2.10. The maximum atomic E-state index is 12.2. The van der Waals surface area contributed by atoms with Crippen molar-refractivity contribution in [3.8, 4) is 5.75 Å². The van der Waals surface area contributed by atoms with Gasteiger partial charge in [-0.25, -0.2) is 4.98 Å². The third-order valence-electron chi connectivity index (χ3n) is 2.87. The molecular weight excluding hydrogens is 278 g/mol. The van der Waals surface area contributed by atoms with Crippen molar-refractivity contribution in [2.24, 2.45) is 0 Å². The first kappa shape index (κ1) is 15.8. The van der Waals surface area contributed by atoms with Gasteiger partial charge in [-0.05, 0) is 45.0 Å². The second-order valence-corrected chi connectivity index (χ2v) is 5.96. The first-order valence-corrected chi connectivity index (χ1v) is 7.08. The lowest BCUT2D eigenvalue weighted by Crippen LogP contribution is -2.26. The molecule has 2 N–H and O–H groups in total. The summed E-state index contributed by atoms with van der Waals surface area (Å²) in [6.07, 6.45) is 1.66. The molecule has 0 aliphatic heterocycles. The highest BCUT2D eigenvalue weighted by molar-refractivity contribution is 6.03. The van der Waals surface area contributed by atoms with Crippen molar-refractivity contribution in [1.29, 1.82) is 0 Å². The molecule has 1 amide bonds. The molecule has 0 unspecified atom stereocenters. The number of ether oxygens (including phenoxy) is 1. The summed E-state index contributed by atoms with van der Waals surface area (Å²) in [6, 6.07) is 10.8. The number of hydrogen-bond acceptors (Lipinski definition) is 4. The van der Waals surface area contributed by atoms with Crippen molar-refractivity contribution >= 4 is 17.3 Å². The summed E-state index contributed by atoms with van der Waals surface area (Å²) in [5.74, 6) is 0.341. The molecule has 2 aromatic rings. The first-order chi connectivity index (χ1) is 10.4. The molecule has 1 aromatic heterocycles. The molecule has 5 nitrogen and oxygen atoms in total. The highest BCUT2D eigenvalue weighted by Crippen LogP contribution is 2.23. The van der Waals surface area contributed by atoms with E-state index in [0.717, 1.165) is 5.69 Å². The van der Waals surface area contributed by atoms with Crippen molar-refractivity contribution in [1.82, 2.24) is 4.98 Å². The second-order valence-electron chi connectivity index (χ2n) is 5.96. The third kappa shape index (κ3) is 4.22. The zero-order chi connectivity index (χ0) is 16.2. The van der Waals surface area contributed by atoms with Crippen LogP contribution in [0.1, 0.15) is 31.3 Å². The number of carbonyl (C=O) groups excluding carboxylic acids is 1. The molecule has 22 heavy (non-hydrogen) atoms. The fraction of sp³-hybridized carbons (Fsp3) is 0.294. The highest BCUT2D eigenvalue weighted by Gasteiger charge is 2.12. The molecule has 0 bridgehead atoms. The van der Waals surface area contributed by atoms with Gasteiger partial charge in [0.2, 0.25) is 0 Å². The van der Waals surface area contributed by atoms with Gasteiger partial charge >= 0.3 is 0 Å². The van der Waals surface area contributed by atoms with Gasteiger partial charge < -0.3 is 15.4 Å². The maximum Gasteiger partial charge on any atom is 0.274 e. The Kier molecular flexibility index (Phi) is 4.65. The van der Waals surface area contributed by atoms with Crippen molar-refractivity contribution in [2.45, 2.75) is 26.3 Å². The van der Waals surface area contributed by atoms with Gasteiger partial charge in [-0.3, -0.25) is 4.79 Å². The molecule has 0 fully saturated rings. The molecule has 0 aliphatic rings. The van der Waals surface area contributed by atoms with Crippen molar-refractivity contribution in [2.75, 3.05) is 17.7 Å². The number of aromatic nitrogens is 1. The minimum absolute atomic E-state index is 0.0527. The molecule has 1 aromatic carbocycles. The van der Waals surface area contributed by atoms with Crippen LogP contribution in [-0.2, 0) is 0 Å². The van der Waals surface area contributed by atoms with Crippen molar-refractivity contribution in [3.63, 3.8) is 0 Å². The van der Waals surface area contributed by atoms with Gasteiger partial charge in [0.25, 0.3) is 5.91 Å². The molecule has 1 heterocycles. The fourth-order valence-corrected chi connectivity index (χ4v) is 1.97. The van der Waals surface area contributed by atoms with E-state index in [-0.39, 0.29) is 11.4 Å². The summed E-state index contributed by atoms with van der Waals surface area (Å²) in [7, 11) is 1.57. The molecule has 0 aliphatic carbocycles. The summed E-state index contributed by atoms with van der Waals surface area (Å²) in [5, 5.41) is 6.10. The molecule has 0 radical (unpaired) electrons. The predicted octanol–water partition coefficient (Wildman–Crippen LogP) is 3.55. The van der Waals surface area contributed by atoms with E-state index in [1.807, 2.05) is 18.2 Å². The zero-order valence-electron chi connectivity index (χ0n) is 13.3. The van der Waals surface area contributed by atoms with E-state index in [2.05, 4.69) is 36.4 Å². The van der Waals surface area contributed by atoms with Gasteiger partial charge in [0.1, 0.15) is 11.4 Å². The molecule has 0 saturated heterocycles. The van der Waals surface area contributed by atoms with Crippen LogP contribution in [0.25, 0.3) is 0 Å². The molecule has 116 valence electrons. The standard InChI is InChI=1S/C17H21N3O2/c1-17(2,3)20-12-9-10-14(18-11-12)16(21)19-13-7-5-6-8-15(13)22-4/h5-11,20H,1-4H3,(H,19,21). The summed E-state index contributed by atoms with van der Waals surface area (Å²) in [4.78, 5) is 16.4. The van der Waals surface area contributed by atoms with Crippen LogP contribution in [-0.4, -0.2) is 23.5 Å². The molecule has 0 spiro atoms. The average Bonchev–Trinajstić information content (AvgIpc) is 2.47. The monoisotopic (exact) mass is 299 g/mol. The van der Waals surface area contributed by atoms with Gasteiger partial charge in [0.05, 0.1) is 24.7 Å². The lowest BCUT2D eigenvalue weighted by Gasteiger charge is -2.21. The number of amides is 1. The Morgan fingerprint density at radius 3 is 2.45 bits per heavy atom. The van der Waals surface area contributed by atoms with Crippen LogP contribution >= 0.6 is 0 Å². The Hall–Kier alpha value is -2.56. The zero-order valence-corrected chi connectivity index (χ0v) is 13.3. The Morgan fingerprint density at radius 2 is 1.86 bits per heavy atom. The van der Waals surface area contributed by atoms with Gasteiger partial charge in [-0.1, -0.05) is 12.1 Å². The number of nitrogens with zero attached hydrogens (tertiary/aromatic N) is 1. The largest absolute Gasteiger partial charge is 0.495 e. The number of pyridine rings is 1. The predicted molar refractivity (Wildman–Crippen MR) is 88.6 cm³/mol. The van der Waals surface area contributed by atoms with Crippen LogP contribution in [0, 0.1) is 0 Å². The van der Waals surface area contributed by atoms with E-state index in [1.54, 1.807) is 31.5 Å².